The number of benzene rings is 2. The highest BCUT2D eigenvalue weighted by molar-refractivity contribution is 7.99. The zero-order valence-corrected chi connectivity index (χ0v) is 15.4. The van der Waals surface area contributed by atoms with Gasteiger partial charge in [-0.05, 0) is 24.3 Å². The molecule has 0 radical (unpaired) electrons. The first-order valence-corrected chi connectivity index (χ1v) is 8.97. The van der Waals surface area contributed by atoms with Gasteiger partial charge >= 0.3 is 0 Å². The Hall–Kier alpha value is -2.46. The molecule has 0 fully saturated rings. The van der Waals surface area contributed by atoms with Crippen LogP contribution in [-0.4, -0.2) is 9.67 Å². The summed E-state index contributed by atoms with van der Waals surface area (Å²) in [6.45, 7) is 6.10. The van der Waals surface area contributed by atoms with Gasteiger partial charge in [0.05, 0.1) is 0 Å². The minimum Gasteiger partial charge on any atom is -0.506 e. The largest absolute Gasteiger partial charge is 0.506 e. The number of rotatable bonds is 3. The summed E-state index contributed by atoms with van der Waals surface area (Å²) in [7, 11) is 0. The molecule has 0 aliphatic heterocycles. The summed E-state index contributed by atoms with van der Waals surface area (Å²) >= 11 is 1.29. The molecule has 0 amide bonds. The van der Waals surface area contributed by atoms with Crippen molar-refractivity contribution >= 4 is 11.8 Å². The molecular weight excluding hydrogens is 330 g/mol. The molecule has 0 aliphatic rings. The monoisotopic (exact) mass is 351 g/mol. The number of hydrogen-bond donors (Lipinski definition) is 1. The molecule has 0 saturated carbocycles. The van der Waals surface area contributed by atoms with E-state index in [9.17, 15) is 9.90 Å². The lowest BCUT2D eigenvalue weighted by Crippen LogP contribution is -2.29. The van der Waals surface area contributed by atoms with Gasteiger partial charge in [0, 0.05) is 27.8 Å². The highest BCUT2D eigenvalue weighted by atomic mass is 32.2. The minimum absolute atomic E-state index is 0.0240. The fourth-order valence-corrected chi connectivity index (χ4v) is 3.54. The van der Waals surface area contributed by atoms with Crippen LogP contribution in [0.5, 0.6) is 5.75 Å². The molecular formula is C21H21NO2S. The Morgan fingerprint density at radius 1 is 0.920 bits per heavy atom. The fourth-order valence-electron chi connectivity index (χ4n) is 2.67. The van der Waals surface area contributed by atoms with Crippen molar-refractivity contribution in [1.29, 1.82) is 0 Å². The first-order valence-electron chi connectivity index (χ1n) is 8.16. The molecule has 1 aromatic heterocycles. The van der Waals surface area contributed by atoms with Crippen LogP contribution in [0.3, 0.4) is 0 Å². The lowest BCUT2D eigenvalue weighted by Gasteiger charge is -2.25. The van der Waals surface area contributed by atoms with Crippen LogP contribution in [0.15, 0.2) is 81.3 Å². The van der Waals surface area contributed by atoms with Gasteiger partial charge in [-0.15, -0.1) is 0 Å². The molecule has 1 heterocycles. The fraction of sp³-hybridized carbons (Fsp3) is 0.190. The van der Waals surface area contributed by atoms with Gasteiger partial charge < -0.3 is 5.11 Å². The Balaban J connectivity index is 2.24. The minimum atomic E-state index is -0.289. The van der Waals surface area contributed by atoms with E-state index in [1.165, 1.54) is 11.8 Å². The van der Waals surface area contributed by atoms with Crippen molar-refractivity contribution in [3.63, 3.8) is 0 Å². The second kappa shape index (κ2) is 6.81. The highest BCUT2D eigenvalue weighted by Crippen LogP contribution is 2.35. The molecule has 0 atom stereocenters. The summed E-state index contributed by atoms with van der Waals surface area (Å²) in [6.07, 6.45) is 0. The molecule has 1 N–H and O–H groups in total. The molecule has 0 bridgehead atoms. The number of pyridine rings is 1. The lowest BCUT2D eigenvalue weighted by atomic mass is 9.90. The summed E-state index contributed by atoms with van der Waals surface area (Å²) in [5.74, 6) is 0.0240. The maximum absolute atomic E-state index is 13.2. The normalized spacial score (nSPS) is 11.5. The van der Waals surface area contributed by atoms with Gasteiger partial charge in [-0.2, -0.15) is 0 Å². The number of para-hydroxylation sites is 1. The lowest BCUT2D eigenvalue weighted by molar-refractivity contribution is 0.448. The van der Waals surface area contributed by atoms with Crippen LogP contribution in [-0.2, 0) is 5.41 Å². The molecule has 128 valence electrons. The molecule has 3 rings (SSSR count). The van der Waals surface area contributed by atoms with E-state index in [0.29, 0.717) is 4.90 Å². The number of nitrogens with zero attached hydrogens (tertiary/aromatic N) is 1. The second-order valence-electron chi connectivity index (χ2n) is 6.89. The number of hydrogen-bond acceptors (Lipinski definition) is 3. The molecule has 4 heteroatoms. The predicted molar refractivity (Wildman–Crippen MR) is 103 cm³/mol. The van der Waals surface area contributed by atoms with Crippen molar-refractivity contribution in [3.05, 3.63) is 82.8 Å². The summed E-state index contributed by atoms with van der Waals surface area (Å²) in [5.41, 5.74) is 1.08. The molecule has 3 aromatic rings. The Morgan fingerprint density at radius 3 is 2.04 bits per heavy atom. The van der Waals surface area contributed by atoms with Crippen LogP contribution in [0, 0.1) is 0 Å². The molecule has 0 aliphatic carbocycles. The zero-order valence-electron chi connectivity index (χ0n) is 14.6. The Labute approximate surface area is 152 Å². The first kappa shape index (κ1) is 17.4. The molecule has 0 saturated heterocycles. The van der Waals surface area contributed by atoms with Crippen LogP contribution in [0.2, 0.25) is 0 Å². The second-order valence-corrected chi connectivity index (χ2v) is 7.97. The Bertz CT molecular complexity index is 926. The Kier molecular flexibility index (Phi) is 4.73. The van der Waals surface area contributed by atoms with Gasteiger partial charge in [-0.25, -0.2) is 0 Å². The SMILES string of the molecule is CC(C)(C)c1cc(O)c(Sc2ccccc2)c(=O)n1-c1ccccc1. The molecule has 25 heavy (non-hydrogen) atoms. The summed E-state index contributed by atoms with van der Waals surface area (Å²) < 4.78 is 1.70. The average molecular weight is 351 g/mol. The highest BCUT2D eigenvalue weighted by Gasteiger charge is 2.24. The molecule has 0 unspecified atom stereocenters. The van der Waals surface area contributed by atoms with E-state index >= 15 is 0 Å². The van der Waals surface area contributed by atoms with Gasteiger partial charge in [0.2, 0.25) is 0 Å². The smallest absolute Gasteiger partial charge is 0.273 e. The van der Waals surface area contributed by atoms with Gasteiger partial charge in [0.25, 0.3) is 5.56 Å². The van der Waals surface area contributed by atoms with E-state index in [-0.39, 0.29) is 16.7 Å². The van der Waals surface area contributed by atoms with E-state index in [1.807, 2.05) is 81.4 Å². The van der Waals surface area contributed by atoms with Crippen LogP contribution in [0.4, 0.5) is 0 Å². The van der Waals surface area contributed by atoms with Gasteiger partial charge in [-0.3, -0.25) is 9.36 Å². The standard InChI is InChI=1S/C21H21NO2S/c1-21(2,3)18-14-17(23)19(25-16-12-8-5-9-13-16)20(24)22(18)15-10-6-4-7-11-15/h4-14,23H,1-3H3. The molecule has 3 nitrogen and oxygen atoms in total. The predicted octanol–water partition coefficient (Wildman–Crippen LogP) is 4.99. The van der Waals surface area contributed by atoms with Crippen molar-refractivity contribution in [3.8, 4) is 11.4 Å². The van der Waals surface area contributed by atoms with E-state index < -0.39 is 0 Å². The van der Waals surface area contributed by atoms with Crippen LogP contribution in [0.1, 0.15) is 26.5 Å². The van der Waals surface area contributed by atoms with Crippen molar-refractivity contribution in [1.82, 2.24) is 4.57 Å². The Morgan fingerprint density at radius 2 is 1.48 bits per heavy atom. The van der Waals surface area contributed by atoms with Crippen LogP contribution in [0.25, 0.3) is 5.69 Å². The maximum Gasteiger partial charge on any atom is 0.273 e. The number of aromatic hydroxyl groups is 1. The molecule has 0 spiro atoms. The number of aromatic nitrogens is 1. The topological polar surface area (TPSA) is 42.2 Å². The van der Waals surface area contributed by atoms with E-state index in [4.69, 9.17) is 0 Å². The summed E-state index contributed by atoms with van der Waals surface area (Å²) in [5, 5.41) is 10.5. The average Bonchev–Trinajstić information content (AvgIpc) is 2.59. The van der Waals surface area contributed by atoms with Gasteiger partial charge in [0.15, 0.2) is 0 Å². The van der Waals surface area contributed by atoms with Gasteiger partial charge in [0.1, 0.15) is 10.6 Å². The van der Waals surface area contributed by atoms with Crippen LogP contribution >= 0.6 is 11.8 Å². The van der Waals surface area contributed by atoms with E-state index in [2.05, 4.69) is 0 Å². The van der Waals surface area contributed by atoms with Gasteiger partial charge in [-0.1, -0.05) is 68.9 Å². The maximum atomic E-state index is 13.2. The van der Waals surface area contributed by atoms with Crippen molar-refractivity contribution in [2.24, 2.45) is 0 Å². The van der Waals surface area contributed by atoms with Crippen molar-refractivity contribution < 1.29 is 5.11 Å². The van der Waals surface area contributed by atoms with E-state index in [0.717, 1.165) is 16.3 Å². The van der Waals surface area contributed by atoms with Crippen LogP contribution < -0.4 is 5.56 Å². The van der Waals surface area contributed by atoms with Crippen molar-refractivity contribution in [2.45, 2.75) is 36.0 Å². The summed E-state index contributed by atoms with van der Waals surface area (Å²) in [6, 6.07) is 20.9. The quantitative estimate of drug-likeness (QED) is 0.723. The zero-order chi connectivity index (χ0) is 18.0. The third kappa shape index (κ3) is 3.64. The summed E-state index contributed by atoms with van der Waals surface area (Å²) in [4.78, 5) is 14.5. The molecule has 2 aromatic carbocycles. The van der Waals surface area contributed by atoms with Crippen molar-refractivity contribution in [2.75, 3.05) is 0 Å². The van der Waals surface area contributed by atoms with E-state index in [1.54, 1.807) is 10.6 Å². The third-order valence-corrected chi connectivity index (χ3v) is 4.99. The first-order chi connectivity index (χ1) is 11.9. The third-order valence-electron chi connectivity index (χ3n) is 3.89.